The van der Waals surface area contributed by atoms with Crippen LogP contribution >= 0.6 is 0 Å². The van der Waals surface area contributed by atoms with E-state index in [9.17, 15) is 15.0 Å². The van der Waals surface area contributed by atoms with Crippen LogP contribution in [0.4, 0.5) is 0 Å². The van der Waals surface area contributed by atoms with E-state index in [1.807, 2.05) is 6.92 Å². The van der Waals surface area contributed by atoms with Crippen molar-refractivity contribution < 1.29 is 19.7 Å². The molecule has 0 radical (unpaired) electrons. The van der Waals surface area contributed by atoms with Crippen LogP contribution < -0.4 is 0 Å². The summed E-state index contributed by atoms with van der Waals surface area (Å²) in [5, 5.41) is 18.8. The summed E-state index contributed by atoms with van der Waals surface area (Å²) in [6.07, 6.45) is 1.34. The number of rotatable bonds is 7. The van der Waals surface area contributed by atoms with Crippen molar-refractivity contribution in [3.05, 3.63) is 0 Å². The molecular formula is C10H20O4. The second kappa shape index (κ2) is 7.76. The fourth-order valence-electron chi connectivity index (χ4n) is 1.24. The summed E-state index contributed by atoms with van der Waals surface area (Å²) in [7, 11) is 1.34. The van der Waals surface area contributed by atoms with Crippen molar-refractivity contribution >= 4 is 5.97 Å². The smallest absolute Gasteiger partial charge is 0.305 e. The van der Waals surface area contributed by atoms with Crippen molar-refractivity contribution in [1.82, 2.24) is 0 Å². The number of carbonyl (C=O) groups excluding carboxylic acids is 1. The minimum atomic E-state index is -0.723. The molecule has 0 rings (SSSR count). The zero-order valence-electron chi connectivity index (χ0n) is 8.90. The summed E-state index contributed by atoms with van der Waals surface area (Å²) in [4.78, 5) is 10.7. The Hall–Kier alpha value is -0.610. The highest BCUT2D eigenvalue weighted by atomic mass is 16.5. The van der Waals surface area contributed by atoms with Gasteiger partial charge in [-0.1, -0.05) is 13.3 Å². The molecule has 0 amide bonds. The molecule has 0 heterocycles. The van der Waals surface area contributed by atoms with Gasteiger partial charge < -0.3 is 14.9 Å². The van der Waals surface area contributed by atoms with Crippen molar-refractivity contribution in [2.75, 3.05) is 7.11 Å². The molecule has 0 saturated carbocycles. The lowest BCUT2D eigenvalue weighted by Gasteiger charge is -2.16. The molecule has 0 aliphatic heterocycles. The predicted molar refractivity (Wildman–Crippen MR) is 52.8 cm³/mol. The maximum Gasteiger partial charge on any atom is 0.305 e. The Balaban J connectivity index is 3.52. The largest absolute Gasteiger partial charge is 0.469 e. The first kappa shape index (κ1) is 13.4. The van der Waals surface area contributed by atoms with Crippen molar-refractivity contribution in [3.8, 4) is 0 Å². The fourth-order valence-corrected chi connectivity index (χ4v) is 1.24. The topological polar surface area (TPSA) is 66.8 Å². The highest BCUT2D eigenvalue weighted by molar-refractivity contribution is 5.68. The molecule has 0 spiro atoms. The number of aliphatic hydroxyl groups excluding tert-OH is 2. The third-order valence-electron chi connectivity index (χ3n) is 2.14. The minimum absolute atomic E-state index is 0.276. The van der Waals surface area contributed by atoms with Gasteiger partial charge in [-0.2, -0.15) is 0 Å². The van der Waals surface area contributed by atoms with Gasteiger partial charge in [-0.25, -0.2) is 0 Å². The van der Waals surface area contributed by atoms with Gasteiger partial charge >= 0.3 is 5.97 Å². The van der Waals surface area contributed by atoms with E-state index in [1.165, 1.54) is 7.11 Å². The molecule has 0 fully saturated rings. The van der Waals surface area contributed by atoms with Crippen molar-refractivity contribution in [2.45, 2.75) is 51.2 Å². The van der Waals surface area contributed by atoms with Crippen LogP contribution in [0.3, 0.4) is 0 Å². The summed E-state index contributed by atoms with van der Waals surface area (Å²) >= 11 is 0. The van der Waals surface area contributed by atoms with E-state index < -0.39 is 12.2 Å². The summed E-state index contributed by atoms with van der Waals surface area (Å²) in [5.74, 6) is -0.276. The van der Waals surface area contributed by atoms with E-state index in [4.69, 9.17) is 0 Å². The molecule has 0 aromatic carbocycles. The van der Waals surface area contributed by atoms with Gasteiger partial charge in [0, 0.05) is 6.42 Å². The highest BCUT2D eigenvalue weighted by Crippen LogP contribution is 2.09. The first-order valence-corrected chi connectivity index (χ1v) is 5.04. The second-order valence-corrected chi connectivity index (χ2v) is 3.39. The minimum Gasteiger partial charge on any atom is -0.469 e. The summed E-state index contributed by atoms with van der Waals surface area (Å²) in [6.45, 7) is 1.95. The van der Waals surface area contributed by atoms with Crippen LogP contribution in [0.5, 0.6) is 0 Å². The Morgan fingerprint density at radius 1 is 1.29 bits per heavy atom. The van der Waals surface area contributed by atoms with E-state index in [2.05, 4.69) is 4.74 Å². The molecule has 2 N–H and O–H groups in total. The zero-order chi connectivity index (χ0) is 11.0. The molecule has 0 aromatic heterocycles. The number of methoxy groups -OCH3 is 1. The quantitative estimate of drug-likeness (QED) is 0.603. The van der Waals surface area contributed by atoms with E-state index in [0.29, 0.717) is 25.7 Å². The van der Waals surface area contributed by atoms with Gasteiger partial charge in [0.2, 0.25) is 0 Å². The van der Waals surface area contributed by atoms with Crippen LogP contribution in [-0.2, 0) is 9.53 Å². The van der Waals surface area contributed by atoms with Gasteiger partial charge in [-0.15, -0.1) is 0 Å². The van der Waals surface area contributed by atoms with Crippen LogP contribution in [-0.4, -0.2) is 35.5 Å². The number of esters is 1. The van der Waals surface area contributed by atoms with Crippen LogP contribution in [0.2, 0.25) is 0 Å². The van der Waals surface area contributed by atoms with E-state index >= 15 is 0 Å². The summed E-state index contributed by atoms with van der Waals surface area (Å²) < 4.78 is 4.46. The van der Waals surface area contributed by atoms with Gasteiger partial charge in [0.15, 0.2) is 0 Å². The number of carbonyl (C=O) groups is 1. The number of hydrogen-bond acceptors (Lipinski definition) is 4. The van der Waals surface area contributed by atoms with Gasteiger partial charge in [0.1, 0.15) is 0 Å². The van der Waals surface area contributed by atoms with Gasteiger partial charge in [-0.05, 0) is 19.3 Å². The summed E-state index contributed by atoms with van der Waals surface area (Å²) in [5.41, 5.74) is 0. The second-order valence-electron chi connectivity index (χ2n) is 3.39. The maximum absolute atomic E-state index is 10.7. The standard InChI is InChI=1S/C10H20O4/c1-3-5-8(11)9(12)6-4-7-10(13)14-2/h8-9,11-12H,3-7H2,1-2H3/t8-,9-/m0/s1. The molecule has 14 heavy (non-hydrogen) atoms. The number of ether oxygens (including phenoxy) is 1. The van der Waals surface area contributed by atoms with Crippen LogP contribution in [0, 0.1) is 0 Å². The fraction of sp³-hybridized carbons (Fsp3) is 0.900. The first-order valence-electron chi connectivity index (χ1n) is 5.04. The van der Waals surface area contributed by atoms with Crippen molar-refractivity contribution in [2.24, 2.45) is 0 Å². The lowest BCUT2D eigenvalue weighted by Crippen LogP contribution is -2.25. The van der Waals surface area contributed by atoms with Crippen LogP contribution in [0.1, 0.15) is 39.0 Å². The normalized spacial score (nSPS) is 14.9. The zero-order valence-corrected chi connectivity index (χ0v) is 8.90. The predicted octanol–water partition coefficient (Wildman–Crippen LogP) is 0.852. The first-order chi connectivity index (χ1) is 6.61. The van der Waals surface area contributed by atoms with Crippen LogP contribution in [0.25, 0.3) is 0 Å². The Morgan fingerprint density at radius 3 is 2.36 bits per heavy atom. The van der Waals surface area contributed by atoms with E-state index in [1.54, 1.807) is 0 Å². The average molecular weight is 204 g/mol. The van der Waals surface area contributed by atoms with Gasteiger partial charge in [0.25, 0.3) is 0 Å². The SMILES string of the molecule is CCC[C@H](O)[C@@H](O)CCCC(=O)OC. The number of aliphatic hydroxyl groups is 2. The lowest BCUT2D eigenvalue weighted by atomic mass is 10.0. The average Bonchev–Trinajstić information content (AvgIpc) is 2.17. The molecule has 0 bridgehead atoms. The summed E-state index contributed by atoms with van der Waals surface area (Å²) in [6, 6.07) is 0. The van der Waals surface area contributed by atoms with Crippen LogP contribution in [0.15, 0.2) is 0 Å². The lowest BCUT2D eigenvalue weighted by molar-refractivity contribution is -0.140. The highest BCUT2D eigenvalue weighted by Gasteiger charge is 2.15. The maximum atomic E-state index is 10.7. The Labute approximate surface area is 84.9 Å². The molecule has 84 valence electrons. The Bertz CT molecular complexity index is 158. The molecule has 0 saturated heterocycles. The number of hydrogen-bond donors (Lipinski definition) is 2. The third-order valence-corrected chi connectivity index (χ3v) is 2.14. The molecule has 2 atom stereocenters. The van der Waals surface area contributed by atoms with Gasteiger partial charge in [-0.3, -0.25) is 4.79 Å². The monoisotopic (exact) mass is 204 g/mol. The Morgan fingerprint density at radius 2 is 1.86 bits per heavy atom. The molecule has 0 unspecified atom stereocenters. The van der Waals surface area contributed by atoms with Crippen molar-refractivity contribution in [1.29, 1.82) is 0 Å². The molecule has 0 aliphatic rings. The third kappa shape index (κ3) is 5.94. The molecule has 4 nitrogen and oxygen atoms in total. The molecular weight excluding hydrogens is 184 g/mol. The molecule has 0 aliphatic carbocycles. The van der Waals surface area contributed by atoms with Gasteiger partial charge in [0.05, 0.1) is 19.3 Å². The Kier molecular flexibility index (Phi) is 7.42. The molecule has 0 aromatic rings. The van der Waals surface area contributed by atoms with E-state index in [-0.39, 0.29) is 5.97 Å². The van der Waals surface area contributed by atoms with E-state index in [0.717, 1.165) is 6.42 Å². The van der Waals surface area contributed by atoms with Crippen molar-refractivity contribution in [3.63, 3.8) is 0 Å². The molecule has 4 heteroatoms.